The van der Waals surface area contributed by atoms with Gasteiger partial charge in [-0.1, -0.05) is 0 Å². The first-order chi connectivity index (χ1) is 9.04. The molecule has 1 fully saturated rings. The van der Waals surface area contributed by atoms with Crippen molar-refractivity contribution < 1.29 is 14.3 Å². The second kappa shape index (κ2) is 6.37. The summed E-state index contributed by atoms with van der Waals surface area (Å²) in [5, 5.41) is 0. The summed E-state index contributed by atoms with van der Waals surface area (Å²) in [5.41, 5.74) is 0. The van der Waals surface area contributed by atoms with Gasteiger partial charge in [0.25, 0.3) is 5.91 Å². The van der Waals surface area contributed by atoms with E-state index in [1.165, 1.54) is 18.4 Å². The third kappa shape index (κ3) is 3.20. The minimum absolute atomic E-state index is 0.105. The minimum atomic E-state index is -0.453. The van der Waals surface area contributed by atoms with Crippen LogP contribution in [0.1, 0.15) is 28.9 Å². The van der Waals surface area contributed by atoms with Gasteiger partial charge >= 0.3 is 5.97 Å². The summed E-state index contributed by atoms with van der Waals surface area (Å²) in [7, 11) is 1.36. The van der Waals surface area contributed by atoms with Crippen molar-refractivity contribution in [2.75, 3.05) is 13.7 Å². The van der Waals surface area contributed by atoms with Crippen LogP contribution in [0.4, 0.5) is 0 Å². The van der Waals surface area contributed by atoms with Gasteiger partial charge in [0.15, 0.2) is 0 Å². The number of nitrogens with zero attached hydrogens (tertiary/aromatic N) is 1. The Labute approximate surface area is 132 Å². The molecule has 0 unspecified atom stereocenters. The Balaban J connectivity index is 2.22. The fraction of sp³-hybridized carbons (Fsp3) is 0.500. The molecule has 1 saturated heterocycles. The SMILES string of the molecule is COC(=O)[C@H]1CCCCN1C(=O)c1cc(Br)c(Br)s1. The van der Waals surface area contributed by atoms with Gasteiger partial charge in [-0.05, 0) is 57.2 Å². The molecular weight excluding hydrogens is 398 g/mol. The molecule has 0 spiro atoms. The summed E-state index contributed by atoms with van der Waals surface area (Å²) in [6.07, 6.45) is 2.54. The number of likely N-dealkylation sites (tertiary alicyclic amines) is 1. The number of halogens is 2. The number of hydrogen-bond acceptors (Lipinski definition) is 4. The molecular formula is C12H13Br2NO3S. The van der Waals surface area contributed by atoms with Crippen LogP contribution < -0.4 is 0 Å². The van der Waals surface area contributed by atoms with Gasteiger partial charge < -0.3 is 9.64 Å². The molecule has 0 saturated carbocycles. The zero-order valence-electron chi connectivity index (χ0n) is 10.3. The van der Waals surface area contributed by atoms with Gasteiger partial charge in [0.2, 0.25) is 0 Å². The molecule has 0 radical (unpaired) electrons. The van der Waals surface area contributed by atoms with E-state index in [2.05, 4.69) is 31.9 Å². The first kappa shape index (κ1) is 15.0. The molecule has 0 N–H and O–H groups in total. The van der Waals surface area contributed by atoms with Gasteiger partial charge in [-0.15, -0.1) is 11.3 Å². The zero-order chi connectivity index (χ0) is 14.0. The Morgan fingerprint density at radius 1 is 1.42 bits per heavy atom. The number of carbonyl (C=O) groups is 2. The summed E-state index contributed by atoms with van der Waals surface area (Å²) in [6, 6.07) is 1.32. The highest BCUT2D eigenvalue weighted by Crippen LogP contribution is 2.34. The Morgan fingerprint density at radius 3 is 2.74 bits per heavy atom. The predicted octanol–water partition coefficient (Wildman–Crippen LogP) is 3.44. The van der Waals surface area contributed by atoms with Crippen LogP contribution in [0, 0.1) is 0 Å². The molecule has 0 aromatic carbocycles. The van der Waals surface area contributed by atoms with Crippen molar-refractivity contribution in [1.82, 2.24) is 4.90 Å². The van der Waals surface area contributed by atoms with Gasteiger partial charge in [-0.2, -0.15) is 0 Å². The number of esters is 1. The molecule has 0 bridgehead atoms. The van der Waals surface area contributed by atoms with E-state index >= 15 is 0 Å². The Kier molecular flexibility index (Phi) is 5.03. The Bertz CT molecular complexity index is 484. The highest BCUT2D eigenvalue weighted by molar-refractivity contribution is 9.13. The molecule has 1 aromatic rings. The molecule has 2 heterocycles. The molecule has 4 nitrogen and oxygen atoms in total. The lowest BCUT2D eigenvalue weighted by Gasteiger charge is -2.33. The van der Waals surface area contributed by atoms with E-state index in [1.54, 1.807) is 11.0 Å². The van der Waals surface area contributed by atoms with Crippen LogP contribution in [-0.4, -0.2) is 36.5 Å². The lowest BCUT2D eigenvalue weighted by atomic mass is 10.0. The first-order valence-corrected chi connectivity index (χ1v) is 8.28. The average molecular weight is 411 g/mol. The van der Waals surface area contributed by atoms with Crippen molar-refractivity contribution in [3.63, 3.8) is 0 Å². The van der Waals surface area contributed by atoms with Crippen LogP contribution in [0.15, 0.2) is 14.3 Å². The maximum Gasteiger partial charge on any atom is 0.328 e. The summed E-state index contributed by atoms with van der Waals surface area (Å²) in [4.78, 5) is 26.5. The van der Waals surface area contributed by atoms with Crippen LogP contribution in [-0.2, 0) is 9.53 Å². The van der Waals surface area contributed by atoms with Crippen molar-refractivity contribution in [1.29, 1.82) is 0 Å². The molecule has 104 valence electrons. The summed E-state index contributed by atoms with van der Waals surface area (Å²) >= 11 is 8.11. The average Bonchev–Trinajstić information content (AvgIpc) is 2.77. The second-order valence-electron chi connectivity index (χ2n) is 4.27. The quantitative estimate of drug-likeness (QED) is 0.701. The van der Waals surface area contributed by atoms with E-state index in [0.717, 1.165) is 21.1 Å². The van der Waals surface area contributed by atoms with Gasteiger partial charge in [-0.3, -0.25) is 4.79 Å². The second-order valence-corrected chi connectivity index (χ2v) is 7.49. The van der Waals surface area contributed by atoms with Gasteiger partial charge in [0, 0.05) is 11.0 Å². The van der Waals surface area contributed by atoms with Gasteiger partial charge in [-0.25, -0.2) is 4.79 Å². The van der Waals surface area contributed by atoms with Crippen molar-refractivity contribution in [3.05, 3.63) is 19.2 Å². The molecule has 1 aliphatic heterocycles. The number of piperidine rings is 1. The van der Waals surface area contributed by atoms with Crippen LogP contribution in [0.25, 0.3) is 0 Å². The Morgan fingerprint density at radius 2 is 2.16 bits per heavy atom. The molecule has 2 rings (SSSR count). The number of rotatable bonds is 2. The number of thiophene rings is 1. The number of carbonyl (C=O) groups excluding carboxylic acids is 2. The zero-order valence-corrected chi connectivity index (χ0v) is 14.3. The highest BCUT2D eigenvalue weighted by atomic mass is 79.9. The van der Waals surface area contributed by atoms with Crippen molar-refractivity contribution in [2.45, 2.75) is 25.3 Å². The largest absolute Gasteiger partial charge is 0.467 e. The topological polar surface area (TPSA) is 46.6 Å². The van der Waals surface area contributed by atoms with Gasteiger partial charge in [0.1, 0.15) is 6.04 Å². The van der Waals surface area contributed by atoms with Crippen LogP contribution in [0.5, 0.6) is 0 Å². The molecule has 1 aliphatic rings. The van der Waals surface area contributed by atoms with E-state index in [1.807, 2.05) is 0 Å². The standard InChI is InChI=1S/C12H13Br2NO3S/c1-18-12(17)8-4-2-3-5-15(8)11(16)9-6-7(13)10(14)19-9/h6,8H,2-5H2,1H3/t8-/m1/s1. The number of methoxy groups -OCH3 is 1. The molecule has 1 aromatic heterocycles. The van der Waals surface area contributed by atoms with Gasteiger partial charge in [0.05, 0.1) is 15.8 Å². The molecule has 1 atom stereocenters. The maximum absolute atomic E-state index is 12.5. The third-order valence-electron chi connectivity index (χ3n) is 3.09. The van der Waals surface area contributed by atoms with E-state index in [4.69, 9.17) is 4.74 Å². The smallest absolute Gasteiger partial charge is 0.328 e. The predicted molar refractivity (Wildman–Crippen MR) is 80.4 cm³/mol. The summed E-state index contributed by atoms with van der Waals surface area (Å²) < 4.78 is 6.52. The molecule has 1 amide bonds. The van der Waals surface area contributed by atoms with E-state index < -0.39 is 6.04 Å². The first-order valence-electron chi connectivity index (χ1n) is 5.88. The molecule has 0 aliphatic carbocycles. The number of amides is 1. The van der Waals surface area contributed by atoms with Crippen LogP contribution in [0.3, 0.4) is 0 Å². The van der Waals surface area contributed by atoms with Crippen LogP contribution >= 0.6 is 43.2 Å². The minimum Gasteiger partial charge on any atom is -0.467 e. The highest BCUT2D eigenvalue weighted by Gasteiger charge is 2.34. The lowest BCUT2D eigenvalue weighted by Crippen LogP contribution is -2.48. The van der Waals surface area contributed by atoms with E-state index in [0.29, 0.717) is 17.8 Å². The number of hydrogen-bond donors (Lipinski definition) is 0. The monoisotopic (exact) mass is 409 g/mol. The molecule has 19 heavy (non-hydrogen) atoms. The van der Waals surface area contributed by atoms with E-state index in [9.17, 15) is 9.59 Å². The number of ether oxygens (including phenoxy) is 1. The van der Waals surface area contributed by atoms with E-state index in [-0.39, 0.29) is 11.9 Å². The fourth-order valence-electron chi connectivity index (χ4n) is 2.15. The Hall–Kier alpha value is -0.400. The maximum atomic E-state index is 12.5. The molecule has 7 heteroatoms. The third-order valence-corrected chi connectivity index (χ3v) is 6.34. The van der Waals surface area contributed by atoms with Crippen molar-refractivity contribution in [2.24, 2.45) is 0 Å². The lowest BCUT2D eigenvalue weighted by molar-refractivity contribution is -0.147. The van der Waals surface area contributed by atoms with Crippen LogP contribution in [0.2, 0.25) is 0 Å². The summed E-state index contributed by atoms with van der Waals surface area (Å²) in [5.74, 6) is -0.436. The summed E-state index contributed by atoms with van der Waals surface area (Å²) in [6.45, 7) is 0.603. The normalized spacial score (nSPS) is 19.3. The fourth-order valence-corrected chi connectivity index (χ4v) is 4.14. The van der Waals surface area contributed by atoms with Crippen molar-refractivity contribution in [3.8, 4) is 0 Å². The van der Waals surface area contributed by atoms with Crippen molar-refractivity contribution >= 4 is 55.1 Å².